The topological polar surface area (TPSA) is 15.6 Å². The van der Waals surface area contributed by atoms with Crippen molar-refractivity contribution >= 4 is 5.84 Å². The van der Waals surface area contributed by atoms with E-state index in [2.05, 4.69) is 37.8 Å². The van der Waals surface area contributed by atoms with Gasteiger partial charge in [-0.3, -0.25) is 4.99 Å². The molecule has 0 bridgehead atoms. The van der Waals surface area contributed by atoms with Crippen molar-refractivity contribution in [3.8, 4) is 0 Å². The fourth-order valence-electron chi connectivity index (χ4n) is 1.32. The molecule has 2 heteroatoms. The first-order valence-corrected chi connectivity index (χ1v) is 5.43. The largest absolute Gasteiger partial charge is 0.367 e. The monoisotopic (exact) mass is 184 g/mol. The minimum atomic E-state index is 1.00. The SMILES string of the molecule is CCCCCCN=C(CC)N(C)C. The second kappa shape index (κ2) is 8.09. The van der Waals surface area contributed by atoms with E-state index in [4.69, 9.17) is 0 Å². The zero-order valence-corrected chi connectivity index (χ0v) is 9.64. The van der Waals surface area contributed by atoms with Gasteiger partial charge in [-0.05, 0) is 6.42 Å². The molecule has 0 N–H and O–H groups in total. The van der Waals surface area contributed by atoms with Crippen LogP contribution in [0.1, 0.15) is 46.0 Å². The van der Waals surface area contributed by atoms with Gasteiger partial charge in [-0.1, -0.05) is 33.1 Å². The van der Waals surface area contributed by atoms with E-state index in [1.165, 1.54) is 31.5 Å². The smallest absolute Gasteiger partial charge is 0.0980 e. The lowest BCUT2D eigenvalue weighted by molar-refractivity contribution is 0.596. The van der Waals surface area contributed by atoms with Gasteiger partial charge in [0.05, 0.1) is 5.84 Å². The van der Waals surface area contributed by atoms with Gasteiger partial charge >= 0.3 is 0 Å². The molecule has 0 aromatic carbocycles. The lowest BCUT2D eigenvalue weighted by Crippen LogP contribution is -2.21. The second-order valence-corrected chi connectivity index (χ2v) is 3.61. The van der Waals surface area contributed by atoms with E-state index in [-0.39, 0.29) is 0 Å². The molecule has 0 atom stereocenters. The zero-order valence-electron chi connectivity index (χ0n) is 9.64. The predicted molar refractivity (Wildman–Crippen MR) is 60.4 cm³/mol. The van der Waals surface area contributed by atoms with Crippen LogP contribution in [0, 0.1) is 0 Å². The lowest BCUT2D eigenvalue weighted by Gasteiger charge is -2.13. The molecule has 0 saturated carbocycles. The van der Waals surface area contributed by atoms with Crippen LogP contribution in [0.5, 0.6) is 0 Å². The number of amidine groups is 1. The number of rotatable bonds is 6. The summed E-state index contributed by atoms with van der Waals surface area (Å²) in [6.07, 6.45) is 6.26. The van der Waals surface area contributed by atoms with Crippen LogP contribution >= 0.6 is 0 Å². The van der Waals surface area contributed by atoms with Gasteiger partial charge in [0.2, 0.25) is 0 Å². The van der Waals surface area contributed by atoms with Crippen LogP contribution in [-0.4, -0.2) is 31.4 Å². The molecule has 0 amide bonds. The fraction of sp³-hybridized carbons (Fsp3) is 0.909. The van der Waals surface area contributed by atoms with E-state index in [1.54, 1.807) is 0 Å². The van der Waals surface area contributed by atoms with Crippen molar-refractivity contribution in [2.24, 2.45) is 4.99 Å². The predicted octanol–water partition coefficient (Wildman–Crippen LogP) is 2.94. The minimum absolute atomic E-state index is 1.00. The van der Waals surface area contributed by atoms with E-state index in [9.17, 15) is 0 Å². The van der Waals surface area contributed by atoms with Crippen molar-refractivity contribution in [2.45, 2.75) is 46.0 Å². The average molecular weight is 184 g/mol. The highest BCUT2D eigenvalue weighted by Gasteiger charge is 1.96. The van der Waals surface area contributed by atoms with Crippen LogP contribution in [0.3, 0.4) is 0 Å². The van der Waals surface area contributed by atoms with Gasteiger partial charge in [-0.25, -0.2) is 0 Å². The molecule has 0 aliphatic heterocycles. The van der Waals surface area contributed by atoms with E-state index < -0.39 is 0 Å². The van der Waals surface area contributed by atoms with E-state index in [0.717, 1.165) is 13.0 Å². The van der Waals surface area contributed by atoms with Gasteiger partial charge in [-0.15, -0.1) is 0 Å². The molecule has 0 aliphatic carbocycles. The molecule has 13 heavy (non-hydrogen) atoms. The van der Waals surface area contributed by atoms with Crippen molar-refractivity contribution in [3.05, 3.63) is 0 Å². The number of hydrogen-bond donors (Lipinski definition) is 0. The molecule has 2 nitrogen and oxygen atoms in total. The molecule has 0 unspecified atom stereocenters. The Labute approximate surface area is 83.0 Å². The normalized spacial score (nSPS) is 11.8. The molecule has 0 aromatic heterocycles. The Balaban J connectivity index is 3.55. The number of nitrogens with zero attached hydrogens (tertiary/aromatic N) is 2. The first-order chi connectivity index (χ1) is 6.22. The van der Waals surface area contributed by atoms with E-state index >= 15 is 0 Å². The third-order valence-electron chi connectivity index (χ3n) is 2.14. The van der Waals surface area contributed by atoms with Gasteiger partial charge in [0.15, 0.2) is 0 Å². The van der Waals surface area contributed by atoms with Crippen molar-refractivity contribution in [1.29, 1.82) is 0 Å². The molecule has 78 valence electrons. The van der Waals surface area contributed by atoms with Crippen molar-refractivity contribution in [3.63, 3.8) is 0 Å². The third kappa shape index (κ3) is 6.62. The Hall–Kier alpha value is -0.530. The summed E-state index contributed by atoms with van der Waals surface area (Å²) in [4.78, 5) is 6.67. The summed E-state index contributed by atoms with van der Waals surface area (Å²) >= 11 is 0. The number of hydrogen-bond acceptors (Lipinski definition) is 1. The molecule has 0 saturated heterocycles. The van der Waals surface area contributed by atoms with Crippen molar-refractivity contribution in [1.82, 2.24) is 4.90 Å². The van der Waals surface area contributed by atoms with Crippen LogP contribution in [0.25, 0.3) is 0 Å². The summed E-state index contributed by atoms with van der Waals surface area (Å²) in [6.45, 7) is 5.40. The zero-order chi connectivity index (χ0) is 10.1. The van der Waals surface area contributed by atoms with Gasteiger partial charge in [0, 0.05) is 27.1 Å². The maximum absolute atomic E-state index is 4.56. The van der Waals surface area contributed by atoms with E-state index in [0.29, 0.717) is 0 Å². The summed E-state index contributed by atoms with van der Waals surface area (Å²) in [7, 11) is 4.13. The molecule has 0 fully saturated rings. The van der Waals surface area contributed by atoms with Gasteiger partial charge < -0.3 is 4.90 Å². The van der Waals surface area contributed by atoms with Gasteiger partial charge in [0.25, 0.3) is 0 Å². The maximum atomic E-state index is 4.56. The highest BCUT2D eigenvalue weighted by atomic mass is 15.1. The molecule has 0 heterocycles. The Morgan fingerprint density at radius 3 is 2.23 bits per heavy atom. The average Bonchev–Trinajstić information content (AvgIpc) is 2.10. The summed E-state index contributed by atoms with van der Waals surface area (Å²) in [5, 5.41) is 0. The summed E-state index contributed by atoms with van der Waals surface area (Å²) in [5.41, 5.74) is 0. The van der Waals surface area contributed by atoms with E-state index in [1.807, 2.05) is 0 Å². The molecule has 0 radical (unpaired) electrons. The van der Waals surface area contributed by atoms with Crippen LogP contribution in [-0.2, 0) is 0 Å². The molecular formula is C11H24N2. The lowest BCUT2D eigenvalue weighted by atomic mass is 10.2. The summed E-state index contributed by atoms with van der Waals surface area (Å²) in [5.74, 6) is 1.22. The molecule has 0 aliphatic rings. The minimum Gasteiger partial charge on any atom is -0.367 e. The first-order valence-electron chi connectivity index (χ1n) is 5.43. The summed E-state index contributed by atoms with van der Waals surface area (Å²) < 4.78 is 0. The third-order valence-corrected chi connectivity index (χ3v) is 2.14. The Bertz CT molecular complexity index is 139. The van der Waals surface area contributed by atoms with Gasteiger partial charge in [-0.2, -0.15) is 0 Å². The summed E-state index contributed by atoms with van der Waals surface area (Å²) in [6, 6.07) is 0. The molecular weight excluding hydrogens is 160 g/mol. The molecule has 0 rings (SSSR count). The number of unbranched alkanes of at least 4 members (excludes halogenated alkanes) is 3. The van der Waals surface area contributed by atoms with Crippen LogP contribution in [0.15, 0.2) is 4.99 Å². The standard InChI is InChI=1S/C11H24N2/c1-5-7-8-9-10-12-11(6-2)13(3)4/h5-10H2,1-4H3. The Kier molecular flexibility index (Phi) is 7.76. The van der Waals surface area contributed by atoms with Crippen molar-refractivity contribution in [2.75, 3.05) is 20.6 Å². The van der Waals surface area contributed by atoms with Gasteiger partial charge in [0.1, 0.15) is 0 Å². The highest BCUT2D eigenvalue weighted by molar-refractivity contribution is 5.81. The maximum Gasteiger partial charge on any atom is 0.0980 e. The number of aliphatic imine (C=N–C) groups is 1. The van der Waals surface area contributed by atoms with Crippen LogP contribution in [0.4, 0.5) is 0 Å². The Morgan fingerprint density at radius 2 is 1.77 bits per heavy atom. The fourth-order valence-corrected chi connectivity index (χ4v) is 1.32. The second-order valence-electron chi connectivity index (χ2n) is 3.61. The van der Waals surface area contributed by atoms with Crippen molar-refractivity contribution < 1.29 is 0 Å². The van der Waals surface area contributed by atoms with Crippen LogP contribution in [0.2, 0.25) is 0 Å². The molecule has 0 aromatic rings. The molecule has 0 spiro atoms. The highest BCUT2D eigenvalue weighted by Crippen LogP contribution is 2.00. The Morgan fingerprint density at radius 1 is 1.08 bits per heavy atom. The first kappa shape index (κ1) is 12.5. The quantitative estimate of drug-likeness (QED) is 0.352. The van der Waals surface area contributed by atoms with Crippen LogP contribution < -0.4 is 0 Å².